The van der Waals surface area contributed by atoms with Gasteiger partial charge in [-0.1, -0.05) is 120 Å². The minimum absolute atomic E-state index is 0.0342. The molecular weight excluding hydrogens is 794 g/mol. The zero-order valence-corrected chi connectivity index (χ0v) is 39.4. The fraction of sp³-hybridized carbons (Fsp3) is 0.714. The van der Waals surface area contributed by atoms with Crippen molar-refractivity contribution in [3.05, 3.63) is 71.3 Å². The maximum absolute atomic E-state index is 12.7. The largest absolute Gasteiger partial charge is 0.472 e. The number of hydrogen-bond donors (Lipinski definition) is 3. The summed E-state index contributed by atoms with van der Waals surface area (Å²) in [4.78, 5) is 35.0. The van der Waals surface area contributed by atoms with E-state index in [1.54, 1.807) is 0 Å². The molecular formula is C49H84NO10P. The Hall–Kier alpha value is -2.79. The number of aryl methyl sites for hydroxylation is 2. The zero-order valence-electron chi connectivity index (χ0n) is 38.5. The maximum Gasteiger partial charge on any atom is 0.472 e. The van der Waals surface area contributed by atoms with Gasteiger partial charge in [-0.2, -0.15) is 0 Å². The first kappa shape index (κ1) is 56.2. The van der Waals surface area contributed by atoms with Crippen molar-refractivity contribution in [2.24, 2.45) is 5.73 Å². The van der Waals surface area contributed by atoms with Crippen molar-refractivity contribution >= 4 is 19.8 Å². The summed E-state index contributed by atoms with van der Waals surface area (Å²) in [5.41, 5.74) is 8.03. The van der Waals surface area contributed by atoms with E-state index in [-0.39, 0.29) is 38.7 Å². The number of rotatable bonds is 40. The predicted octanol–water partition coefficient (Wildman–Crippen LogP) is 12.1. The minimum atomic E-state index is -4.41. The third-order valence-electron chi connectivity index (χ3n) is 10.4. The molecule has 11 nitrogen and oxygen atoms in total. The van der Waals surface area contributed by atoms with Crippen LogP contribution < -0.4 is 5.73 Å². The molecule has 3 atom stereocenters. The molecule has 12 heteroatoms. The smallest absolute Gasteiger partial charge is 0.466 e. The first-order valence-electron chi connectivity index (χ1n) is 23.5. The monoisotopic (exact) mass is 878 g/mol. The Morgan fingerprint density at radius 1 is 0.672 bits per heavy atom. The lowest BCUT2D eigenvalue weighted by molar-refractivity contribution is -0.161. The molecule has 0 amide bonds. The van der Waals surface area contributed by atoms with Crippen molar-refractivity contribution < 1.29 is 47.1 Å². The van der Waals surface area contributed by atoms with Crippen LogP contribution in [0.1, 0.15) is 184 Å². The summed E-state index contributed by atoms with van der Waals surface area (Å²) >= 11 is 0. The van der Waals surface area contributed by atoms with Gasteiger partial charge in [0, 0.05) is 32.2 Å². The Labute approximate surface area is 369 Å². The molecule has 0 aromatic carbocycles. The number of unbranched alkanes of at least 4 members (excludes halogenated alkanes) is 13. The Balaban J connectivity index is 2.25. The third-order valence-corrected chi connectivity index (χ3v) is 11.4. The first-order valence-corrected chi connectivity index (χ1v) is 25.0. The van der Waals surface area contributed by atoms with E-state index in [9.17, 15) is 24.2 Å². The number of aliphatic hydroxyl groups is 1. The van der Waals surface area contributed by atoms with Gasteiger partial charge in [-0.3, -0.25) is 18.6 Å². The number of hydrogen-bond acceptors (Lipinski definition) is 10. The molecule has 0 aliphatic carbocycles. The molecule has 0 bridgehead atoms. The molecule has 1 heterocycles. The van der Waals surface area contributed by atoms with Crippen LogP contribution >= 0.6 is 7.82 Å². The van der Waals surface area contributed by atoms with Gasteiger partial charge in [0.2, 0.25) is 0 Å². The van der Waals surface area contributed by atoms with E-state index in [0.29, 0.717) is 19.3 Å². The number of carbonyl (C=O) groups excluding carboxylic acids is 2. The highest BCUT2D eigenvalue weighted by atomic mass is 31.2. The molecule has 0 radical (unpaired) electrons. The van der Waals surface area contributed by atoms with Crippen molar-refractivity contribution in [3.63, 3.8) is 0 Å². The minimum Gasteiger partial charge on any atom is -0.466 e. The van der Waals surface area contributed by atoms with Gasteiger partial charge in [0.25, 0.3) is 0 Å². The van der Waals surface area contributed by atoms with Crippen molar-refractivity contribution in [1.82, 2.24) is 0 Å². The van der Waals surface area contributed by atoms with Crippen LogP contribution in [0.25, 0.3) is 0 Å². The molecule has 0 aliphatic heterocycles. The van der Waals surface area contributed by atoms with Crippen LogP contribution in [0, 0.1) is 13.8 Å². The molecule has 1 aromatic heterocycles. The maximum atomic E-state index is 12.7. The molecule has 0 spiro atoms. The lowest BCUT2D eigenvalue weighted by atomic mass is 10.0. The molecule has 0 fully saturated rings. The lowest BCUT2D eigenvalue weighted by Crippen LogP contribution is -2.29. The topological polar surface area (TPSA) is 168 Å². The highest BCUT2D eigenvalue weighted by Crippen LogP contribution is 2.43. The summed E-state index contributed by atoms with van der Waals surface area (Å²) in [6.45, 7) is 7.54. The summed E-state index contributed by atoms with van der Waals surface area (Å²) in [6.07, 6.45) is 39.5. The van der Waals surface area contributed by atoms with Crippen LogP contribution in [-0.4, -0.2) is 60.5 Å². The molecule has 0 saturated carbocycles. The summed E-state index contributed by atoms with van der Waals surface area (Å²) in [5, 5.41) is 9.27. The van der Waals surface area contributed by atoms with E-state index in [4.69, 9.17) is 28.7 Å². The second-order valence-corrected chi connectivity index (χ2v) is 17.6. The lowest BCUT2D eigenvalue weighted by Gasteiger charge is -2.19. The number of ether oxygens (including phenoxy) is 2. The Bertz CT molecular complexity index is 1430. The van der Waals surface area contributed by atoms with Crippen molar-refractivity contribution in [1.29, 1.82) is 0 Å². The standard InChI is InChI=1S/C49H84NO10P/c1-5-6-28-34-46-43(3)44(4)47(60-46)35-30-25-21-17-14-15-19-23-27-32-37-49(53)59-45(41-58-61(54,55)57-39-38-50)40-56-48(52)36-31-26-22-18-13-11-9-7-8-10-12-16-20-24-29-33-42(2)51/h8-11,16,18,20,22,42,45,51H,5-7,12-15,17,19,21,23-41,50H2,1-4H3,(H,54,55)/b10-8-,11-9-,20-16-,22-18-/t42-,45-/m1/s1. The van der Waals surface area contributed by atoms with Gasteiger partial charge < -0.3 is 29.6 Å². The average molecular weight is 878 g/mol. The Morgan fingerprint density at radius 2 is 1.16 bits per heavy atom. The number of nitrogens with two attached hydrogens (primary N) is 1. The van der Waals surface area contributed by atoms with E-state index in [2.05, 4.69) is 63.3 Å². The SMILES string of the molecule is CCCCCc1oc(CCCCCCCCCCCCC(=O)O[C@H](COC(=O)CCC/C=C\C/C=C\C/C=C\C/C=C\CCC[C@@H](C)O)COP(=O)(O)OCCN)c(C)c1C. The van der Waals surface area contributed by atoms with E-state index in [1.807, 2.05) is 13.0 Å². The first-order chi connectivity index (χ1) is 29.5. The molecule has 1 unspecified atom stereocenters. The zero-order chi connectivity index (χ0) is 44.8. The Kier molecular flexibility index (Phi) is 34.8. The highest BCUT2D eigenvalue weighted by molar-refractivity contribution is 7.47. The second-order valence-electron chi connectivity index (χ2n) is 16.1. The van der Waals surface area contributed by atoms with E-state index >= 15 is 0 Å². The average Bonchev–Trinajstić information content (AvgIpc) is 3.50. The summed E-state index contributed by atoms with van der Waals surface area (Å²) in [6, 6.07) is 0. The fourth-order valence-corrected chi connectivity index (χ4v) is 7.41. The number of furan rings is 1. The van der Waals surface area contributed by atoms with Crippen molar-refractivity contribution in [2.75, 3.05) is 26.4 Å². The van der Waals surface area contributed by atoms with Gasteiger partial charge >= 0.3 is 19.8 Å². The van der Waals surface area contributed by atoms with Gasteiger partial charge in [0.05, 0.1) is 19.3 Å². The normalized spacial score (nSPS) is 14.1. The van der Waals surface area contributed by atoms with Crippen LogP contribution in [0.4, 0.5) is 0 Å². The molecule has 1 aromatic rings. The molecule has 0 aliphatic rings. The number of esters is 2. The number of phosphoric acid groups is 1. The van der Waals surface area contributed by atoms with E-state index in [1.165, 1.54) is 80.4 Å². The molecule has 350 valence electrons. The summed E-state index contributed by atoms with van der Waals surface area (Å²) in [7, 11) is -4.41. The van der Waals surface area contributed by atoms with Gasteiger partial charge in [-0.15, -0.1) is 0 Å². The van der Waals surface area contributed by atoms with Crippen LogP contribution in [0.5, 0.6) is 0 Å². The van der Waals surface area contributed by atoms with Gasteiger partial charge in [-0.25, -0.2) is 4.57 Å². The van der Waals surface area contributed by atoms with Gasteiger partial charge in [0.15, 0.2) is 6.10 Å². The molecule has 4 N–H and O–H groups in total. The predicted molar refractivity (Wildman–Crippen MR) is 247 cm³/mol. The van der Waals surface area contributed by atoms with Crippen molar-refractivity contribution in [2.45, 2.75) is 200 Å². The molecule has 0 saturated heterocycles. The van der Waals surface area contributed by atoms with Gasteiger partial charge in [-0.05, 0) is 103 Å². The van der Waals surface area contributed by atoms with E-state index < -0.39 is 32.5 Å². The number of allylic oxidation sites excluding steroid dienone is 8. The molecule has 1 rings (SSSR count). The quantitative estimate of drug-likeness (QED) is 0.0248. The summed E-state index contributed by atoms with van der Waals surface area (Å²) in [5.74, 6) is 1.43. The summed E-state index contributed by atoms with van der Waals surface area (Å²) < 4.78 is 39.0. The number of carbonyl (C=O) groups is 2. The molecule has 61 heavy (non-hydrogen) atoms. The second kappa shape index (κ2) is 37.7. The van der Waals surface area contributed by atoms with Crippen LogP contribution in [0.3, 0.4) is 0 Å². The van der Waals surface area contributed by atoms with Gasteiger partial charge in [0.1, 0.15) is 18.1 Å². The number of aliphatic hydroxyl groups excluding tert-OH is 1. The van der Waals surface area contributed by atoms with E-state index in [0.717, 1.165) is 70.6 Å². The Morgan fingerprint density at radius 3 is 1.70 bits per heavy atom. The van der Waals surface area contributed by atoms with Crippen molar-refractivity contribution in [3.8, 4) is 0 Å². The van der Waals surface area contributed by atoms with Crippen LogP contribution in [0.15, 0.2) is 53.0 Å². The van der Waals surface area contributed by atoms with Crippen LogP contribution in [0.2, 0.25) is 0 Å². The number of phosphoric ester groups is 1. The van der Waals surface area contributed by atoms with Crippen LogP contribution in [-0.2, 0) is 45.5 Å². The third kappa shape index (κ3) is 32.5. The fourth-order valence-electron chi connectivity index (χ4n) is 6.65. The highest BCUT2D eigenvalue weighted by Gasteiger charge is 2.26.